The van der Waals surface area contributed by atoms with Gasteiger partial charge in [-0.3, -0.25) is 10.1 Å². The van der Waals surface area contributed by atoms with E-state index in [9.17, 15) is 20.3 Å². The zero-order chi connectivity index (χ0) is 14.0. The number of rotatable bonds is 5. The molecule has 2 aromatic heterocycles. The monoisotopic (exact) mass is 329 g/mol. The first-order valence-corrected chi connectivity index (χ1v) is 6.70. The maximum Gasteiger partial charge on any atom is 0.296 e. The van der Waals surface area contributed by atoms with Gasteiger partial charge in [-0.25, -0.2) is 4.98 Å². The van der Waals surface area contributed by atoms with Crippen LogP contribution in [0.25, 0.3) is 11.0 Å². The molecule has 2 unspecified atom stereocenters. The van der Waals surface area contributed by atoms with Gasteiger partial charge in [0.1, 0.15) is 11.8 Å². The second kappa shape index (κ2) is 5.64. The number of hydrogen-bond acceptors (Lipinski definition) is 5. The van der Waals surface area contributed by atoms with Crippen LogP contribution in [0.3, 0.4) is 0 Å². The molecule has 2 aromatic rings. The summed E-state index contributed by atoms with van der Waals surface area (Å²) in [6.07, 6.45) is 0.947. The van der Waals surface area contributed by atoms with E-state index < -0.39 is 17.1 Å². The number of halogens is 1. The molecule has 2 rings (SSSR count). The standard InChI is InChI=1S/C11H12BrN3O4/c12-2-1-9(16)10(17)6-3-7-8(15(18)19)5-14-11(7)13-4-6/h3-5,9-10,16-17H,1-2H2,(H,13,14). The Labute approximate surface area is 116 Å². The molecule has 0 spiro atoms. The van der Waals surface area contributed by atoms with Gasteiger partial charge in [-0.15, -0.1) is 0 Å². The second-order valence-corrected chi connectivity index (χ2v) is 4.88. The van der Waals surface area contributed by atoms with E-state index in [1.807, 2.05) is 0 Å². The van der Waals surface area contributed by atoms with Gasteiger partial charge in [0.15, 0.2) is 0 Å². The predicted octanol–water partition coefficient (Wildman–Crippen LogP) is 1.65. The van der Waals surface area contributed by atoms with Gasteiger partial charge >= 0.3 is 0 Å². The van der Waals surface area contributed by atoms with E-state index in [4.69, 9.17) is 0 Å². The van der Waals surface area contributed by atoms with Crippen molar-refractivity contribution >= 4 is 32.7 Å². The number of alkyl halides is 1. The van der Waals surface area contributed by atoms with Gasteiger partial charge < -0.3 is 15.2 Å². The van der Waals surface area contributed by atoms with E-state index in [1.54, 1.807) is 0 Å². The van der Waals surface area contributed by atoms with Gasteiger partial charge in [0, 0.05) is 17.1 Å². The smallest absolute Gasteiger partial charge is 0.296 e. The molecule has 0 amide bonds. The minimum atomic E-state index is -1.12. The van der Waals surface area contributed by atoms with Crippen LogP contribution < -0.4 is 0 Å². The molecule has 0 saturated heterocycles. The lowest BCUT2D eigenvalue weighted by atomic mass is 10.0. The van der Waals surface area contributed by atoms with Crippen molar-refractivity contribution in [1.29, 1.82) is 0 Å². The molecule has 7 nitrogen and oxygen atoms in total. The summed E-state index contributed by atoms with van der Waals surface area (Å²) in [5, 5.41) is 31.4. The number of nitrogens with one attached hydrogen (secondary N) is 1. The van der Waals surface area contributed by atoms with E-state index in [1.165, 1.54) is 18.5 Å². The summed E-state index contributed by atoms with van der Waals surface area (Å²) in [7, 11) is 0. The normalized spacial score (nSPS) is 14.5. The Morgan fingerprint density at radius 2 is 2.26 bits per heavy atom. The molecule has 0 aliphatic rings. The van der Waals surface area contributed by atoms with E-state index in [-0.39, 0.29) is 5.69 Å². The molecule has 102 valence electrons. The van der Waals surface area contributed by atoms with Crippen molar-refractivity contribution in [2.45, 2.75) is 18.6 Å². The fourth-order valence-corrected chi connectivity index (χ4v) is 2.28. The Morgan fingerprint density at radius 3 is 2.89 bits per heavy atom. The number of aromatic nitrogens is 2. The minimum absolute atomic E-state index is 0.105. The zero-order valence-corrected chi connectivity index (χ0v) is 11.4. The van der Waals surface area contributed by atoms with Crippen LogP contribution in [0.4, 0.5) is 5.69 Å². The Kier molecular flexibility index (Phi) is 4.13. The minimum Gasteiger partial charge on any atom is -0.390 e. The number of hydrogen-bond donors (Lipinski definition) is 3. The lowest BCUT2D eigenvalue weighted by Crippen LogP contribution is -2.18. The van der Waals surface area contributed by atoms with Crippen LogP contribution in [0.5, 0.6) is 0 Å². The highest BCUT2D eigenvalue weighted by atomic mass is 79.9. The average molecular weight is 330 g/mol. The predicted molar refractivity (Wildman–Crippen MR) is 72.1 cm³/mol. The number of fused-ring (bicyclic) bond motifs is 1. The quantitative estimate of drug-likeness (QED) is 0.438. The fraction of sp³-hybridized carbons (Fsp3) is 0.364. The number of aromatic amines is 1. The van der Waals surface area contributed by atoms with Crippen LogP contribution in [0.1, 0.15) is 18.1 Å². The molecule has 0 bridgehead atoms. The Balaban J connectivity index is 2.39. The summed E-state index contributed by atoms with van der Waals surface area (Å²) in [5.74, 6) is 0. The van der Waals surface area contributed by atoms with Crippen molar-refractivity contribution in [1.82, 2.24) is 9.97 Å². The third kappa shape index (κ3) is 2.75. The number of H-pyrrole nitrogens is 1. The maximum atomic E-state index is 10.8. The van der Waals surface area contributed by atoms with Crippen molar-refractivity contribution in [2.75, 3.05) is 5.33 Å². The highest BCUT2D eigenvalue weighted by Gasteiger charge is 2.21. The molecule has 0 saturated carbocycles. The van der Waals surface area contributed by atoms with Gasteiger partial charge in [-0.05, 0) is 12.5 Å². The van der Waals surface area contributed by atoms with E-state index in [2.05, 4.69) is 25.9 Å². The number of aliphatic hydroxyl groups excluding tert-OH is 2. The van der Waals surface area contributed by atoms with Gasteiger partial charge in [-0.1, -0.05) is 15.9 Å². The molecule has 0 aromatic carbocycles. The molecule has 0 aliphatic carbocycles. The molecule has 0 radical (unpaired) electrons. The van der Waals surface area contributed by atoms with Crippen molar-refractivity contribution in [2.24, 2.45) is 0 Å². The summed E-state index contributed by atoms with van der Waals surface area (Å²) < 4.78 is 0. The highest BCUT2D eigenvalue weighted by molar-refractivity contribution is 9.09. The molecule has 0 aliphatic heterocycles. The fourth-order valence-electron chi connectivity index (χ4n) is 1.81. The van der Waals surface area contributed by atoms with Crippen LogP contribution >= 0.6 is 15.9 Å². The van der Waals surface area contributed by atoms with Crippen LogP contribution in [0.15, 0.2) is 18.5 Å². The molecule has 3 N–H and O–H groups in total. The third-order valence-corrected chi connectivity index (χ3v) is 3.30. The second-order valence-electron chi connectivity index (χ2n) is 4.09. The first-order chi connectivity index (χ1) is 9.04. The van der Waals surface area contributed by atoms with Crippen molar-refractivity contribution in [3.8, 4) is 0 Å². The Hall–Kier alpha value is -1.51. The van der Waals surface area contributed by atoms with Crippen LogP contribution in [-0.2, 0) is 0 Å². The van der Waals surface area contributed by atoms with Crippen molar-refractivity contribution in [3.63, 3.8) is 0 Å². The van der Waals surface area contributed by atoms with E-state index >= 15 is 0 Å². The van der Waals surface area contributed by atoms with E-state index in [0.717, 1.165) is 0 Å². The molecule has 2 atom stereocenters. The molecule has 2 heterocycles. The zero-order valence-electron chi connectivity index (χ0n) is 9.78. The summed E-state index contributed by atoms with van der Waals surface area (Å²) in [6, 6.07) is 1.47. The topological polar surface area (TPSA) is 112 Å². The van der Waals surface area contributed by atoms with E-state index in [0.29, 0.717) is 28.3 Å². The molecular formula is C11H12BrN3O4. The summed E-state index contributed by atoms with van der Waals surface area (Å²) in [4.78, 5) is 17.0. The van der Waals surface area contributed by atoms with Crippen LogP contribution in [0.2, 0.25) is 0 Å². The Bertz CT molecular complexity index is 601. The lowest BCUT2D eigenvalue weighted by Gasteiger charge is -2.16. The number of nitro groups is 1. The maximum absolute atomic E-state index is 10.8. The number of aliphatic hydroxyl groups is 2. The number of nitrogens with zero attached hydrogens (tertiary/aromatic N) is 2. The van der Waals surface area contributed by atoms with Crippen LogP contribution in [-0.4, -0.2) is 36.5 Å². The first kappa shape index (κ1) is 13.9. The summed E-state index contributed by atoms with van der Waals surface area (Å²) in [5.41, 5.74) is 0.618. The number of pyridine rings is 1. The Morgan fingerprint density at radius 1 is 1.53 bits per heavy atom. The van der Waals surface area contributed by atoms with Crippen molar-refractivity contribution < 1.29 is 15.1 Å². The first-order valence-electron chi connectivity index (χ1n) is 5.58. The SMILES string of the molecule is O=[N+]([O-])c1c[nH]c2ncc(C(O)C(O)CCBr)cc12. The average Bonchev–Trinajstić information content (AvgIpc) is 2.80. The summed E-state index contributed by atoms with van der Waals surface area (Å²) in [6.45, 7) is 0. The molecule has 0 fully saturated rings. The molecule has 8 heteroatoms. The molecular weight excluding hydrogens is 318 g/mol. The largest absolute Gasteiger partial charge is 0.390 e. The highest BCUT2D eigenvalue weighted by Crippen LogP contribution is 2.28. The summed E-state index contributed by atoms with van der Waals surface area (Å²) >= 11 is 3.17. The molecule has 19 heavy (non-hydrogen) atoms. The van der Waals surface area contributed by atoms with Crippen LogP contribution in [0, 0.1) is 10.1 Å². The van der Waals surface area contributed by atoms with Gasteiger partial charge in [0.2, 0.25) is 0 Å². The third-order valence-electron chi connectivity index (χ3n) is 2.84. The van der Waals surface area contributed by atoms with Gasteiger partial charge in [0.25, 0.3) is 5.69 Å². The lowest BCUT2D eigenvalue weighted by molar-refractivity contribution is -0.383. The van der Waals surface area contributed by atoms with Gasteiger partial charge in [0.05, 0.1) is 22.6 Å². The van der Waals surface area contributed by atoms with Gasteiger partial charge in [-0.2, -0.15) is 0 Å². The van der Waals surface area contributed by atoms with Crippen molar-refractivity contribution in [3.05, 3.63) is 34.1 Å².